The van der Waals surface area contributed by atoms with E-state index in [0.717, 1.165) is 37.6 Å². The van der Waals surface area contributed by atoms with Crippen molar-refractivity contribution >= 4 is 11.1 Å². The highest BCUT2D eigenvalue weighted by molar-refractivity contribution is 5.78. The summed E-state index contributed by atoms with van der Waals surface area (Å²) in [5.41, 5.74) is 5.28. The van der Waals surface area contributed by atoms with Crippen molar-refractivity contribution in [2.24, 2.45) is 5.92 Å². The first kappa shape index (κ1) is 23.8. The first-order valence-corrected chi connectivity index (χ1v) is 13.9. The van der Waals surface area contributed by atoms with Crippen LogP contribution in [-0.4, -0.2) is 38.1 Å². The predicted molar refractivity (Wildman–Crippen MR) is 143 cm³/mol. The lowest BCUT2D eigenvalue weighted by molar-refractivity contribution is 0.0853. The number of hydrogen-bond acceptors (Lipinski definition) is 4. The van der Waals surface area contributed by atoms with Crippen molar-refractivity contribution in [1.82, 2.24) is 0 Å². The average molecular weight is 487 g/mol. The van der Waals surface area contributed by atoms with Gasteiger partial charge < -0.3 is 18.9 Å². The minimum absolute atomic E-state index is 0.189. The molecule has 3 fully saturated rings. The molecule has 0 bridgehead atoms. The van der Waals surface area contributed by atoms with Crippen LogP contribution in [0.1, 0.15) is 68.9 Å². The van der Waals surface area contributed by atoms with Gasteiger partial charge in [-0.15, -0.1) is 0 Å². The van der Waals surface area contributed by atoms with Crippen LogP contribution in [0, 0.1) is 5.92 Å². The Bertz CT molecular complexity index is 1070. The standard InChI is InChI=1S/C32H38O4/c1-2-4-7-26(8-5-3-1)32(31-22-35-31)36-29-10-6-9-27(19-29)25-13-11-23(12-14-25)24-15-17-28(18-16-24)33-20-30-21-34-30/h6,9-11,14-19,26,30-32H,1-5,7-8,12-13,20-22H2. The number of rotatable bonds is 9. The second kappa shape index (κ2) is 11.2. The summed E-state index contributed by atoms with van der Waals surface area (Å²) < 4.78 is 23.4. The third kappa shape index (κ3) is 6.22. The van der Waals surface area contributed by atoms with E-state index in [4.69, 9.17) is 18.9 Å². The summed E-state index contributed by atoms with van der Waals surface area (Å²) in [5, 5.41) is 0. The maximum atomic E-state index is 6.66. The molecule has 190 valence electrons. The highest BCUT2D eigenvalue weighted by Crippen LogP contribution is 2.36. The van der Waals surface area contributed by atoms with Gasteiger partial charge in [-0.3, -0.25) is 0 Å². The Kier molecular flexibility index (Phi) is 7.43. The van der Waals surface area contributed by atoms with Gasteiger partial charge in [0, 0.05) is 0 Å². The van der Waals surface area contributed by atoms with Gasteiger partial charge in [0.25, 0.3) is 0 Å². The number of ether oxygens (including phenoxy) is 4. The molecular weight excluding hydrogens is 448 g/mol. The predicted octanol–water partition coefficient (Wildman–Crippen LogP) is 7.23. The van der Waals surface area contributed by atoms with Gasteiger partial charge in [-0.25, -0.2) is 0 Å². The fraction of sp³-hybridized carbons (Fsp3) is 0.500. The molecule has 4 aliphatic rings. The van der Waals surface area contributed by atoms with Crippen LogP contribution in [0.15, 0.2) is 60.7 Å². The molecule has 2 heterocycles. The van der Waals surface area contributed by atoms with Crippen LogP contribution in [0.2, 0.25) is 0 Å². The third-order valence-electron chi connectivity index (χ3n) is 8.02. The van der Waals surface area contributed by atoms with Gasteiger partial charge in [-0.1, -0.05) is 68.5 Å². The van der Waals surface area contributed by atoms with Crippen molar-refractivity contribution in [3.05, 3.63) is 71.8 Å². The van der Waals surface area contributed by atoms with Gasteiger partial charge in [0.05, 0.1) is 13.2 Å². The monoisotopic (exact) mass is 486 g/mol. The van der Waals surface area contributed by atoms with E-state index in [2.05, 4.69) is 60.7 Å². The van der Waals surface area contributed by atoms with Crippen molar-refractivity contribution in [1.29, 1.82) is 0 Å². The van der Waals surface area contributed by atoms with Gasteiger partial charge >= 0.3 is 0 Å². The Balaban J connectivity index is 1.08. The molecule has 6 rings (SSSR count). The Labute approximate surface area is 215 Å². The lowest BCUT2D eigenvalue weighted by Crippen LogP contribution is -2.33. The zero-order valence-corrected chi connectivity index (χ0v) is 21.2. The molecule has 0 amide bonds. The van der Waals surface area contributed by atoms with E-state index in [0.29, 0.717) is 12.5 Å². The molecule has 0 N–H and O–H groups in total. The number of epoxide rings is 2. The van der Waals surface area contributed by atoms with E-state index in [9.17, 15) is 0 Å². The van der Waals surface area contributed by atoms with E-state index < -0.39 is 0 Å². The van der Waals surface area contributed by atoms with Crippen molar-refractivity contribution in [2.45, 2.75) is 76.1 Å². The molecule has 0 radical (unpaired) electrons. The lowest BCUT2D eigenvalue weighted by atomic mass is 9.86. The van der Waals surface area contributed by atoms with Gasteiger partial charge in [0.1, 0.15) is 36.4 Å². The summed E-state index contributed by atoms with van der Waals surface area (Å²) >= 11 is 0. The summed E-state index contributed by atoms with van der Waals surface area (Å²) in [7, 11) is 0. The van der Waals surface area contributed by atoms with E-state index in [1.54, 1.807) is 0 Å². The number of allylic oxidation sites excluding steroid dienone is 4. The summed E-state index contributed by atoms with van der Waals surface area (Å²) in [6.07, 6.45) is 16.7. The molecule has 0 spiro atoms. The molecule has 3 unspecified atom stereocenters. The molecule has 2 saturated heterocycles. The Morgan fingerprint density at radius 1 is 0.750 bits per heavy atom. The van der Waals surface area contributed by atoms with Crippen LogP contribution in [0.5, 0.6) is 11.5 Å². The zero-order chi connectivity index (χ0) is 24.2. The summed E-state index contributed by atoms with van der Waals surface area (Å²) in [6.45, 7) is 2.32. The quantitative estimate of drug-likeness (QED) is 0.351. The van der Waals surface area contributed by atoms with Crippen LogP contribution < -0.4 is 9.47 Å². The molecule has 2 aromatic rings. The maximum Gasteiger partial charge on any atom is 0.130 e. The maximum absolute atomic E-state index is 6.66. The molecular formula is C32H38O4. The normalized spacial score (nSPS) is 25.1. The van der Waals surface area contributed by atoms with Crippen LogP contribution in [0.3, 0.4) is 0 Å². The molecule has 2 aliphatic heterocycles. The number of benzene rings is 2. The van der Waals surface area contributed by atoms with Crippen LogP contribution in [0.4, 0.5) is 0 Å². The van der Waals surface area contributed by atoms with Crippen molar-refractivity contribution < 1.29 is 18.9 Å². The molecule has 2 aromatic carbocycles. The third-order valence-corrected chi connectivity index (χ3v) is 8.02. The summed E-state index contributed by atoms with van der Waals surface area (Å²) in [5.74, 6) is 2.51. The first-order valence-electron chi connectivity index (χ1n) is 13.9. The van der Waals surface area contributed by atoms with Gasteiger partial charge in [-0.05, 0) is 78.1 Å². The van der Waals surface area contributed by atoms with Gasteiger partial charge in [-0.2, -0.15) is 0 Å². The second-order valence-corrected chi connectivity index (χ2v) is 10.7. The topological polar surface area (TPSA) is 43.5 Å². The zero-order valence-electron chi connectivity index (χ0n) is 21.2. The molecule has 1 saturated carbocycles. The largest absolute Gasteiger partial charge is 0.491 e. The second-order valence-electron chi connectivity index (χ2n) is 10.7. The molecule has 4 nitrogen and oxygen atoms in total. The molecule has 0 aromatic heterocycles. The van der Waals surface area contributed by atoms with Gasteiger partial charge in [0.15, 0.2) is 0 Å². The average Bonchev–Trinajstić information content (AvgIpc) is 3.82. The van der Waals surface area contributed by atoms with E-state index >= 15 is 0 Å². The summed E-state index contributed by atoms with van der Waals surface area (Å²) in [4.78, 5) is 0. The smallest absolute Gasteiger partial charge is 0.130 e. The highest BCUT2D eigenvalue weighted by Gasteiger charge is 2.39. The summed E-state index contributed by atoms with van der Waals surface area (Å²) in [6, 6.07) is 17.2. The molecule has 36 heavy (non-hydrogen) atoms. The van der Waals surface area contributed by atoms with Crippen molar-refractivity contribution in [3.8, 4) is 11.5 Å². The Morgan fingerprint density at radius 2 is 1.44 bits per heavy atom. The van der Waals surface area contributed by atoms with Crippen molar-refractivity contribution in [3.63, 3.8) is 0 Å². The molecule has 4 heteroatoms. The minimum Gasteiger partial charge on any atom is -0.491 e. The van der Waals surface area contributed by atoms with E-state index in [1.165, 1.54) is 67.2 Å². The Hall–Kier alpha value is -2.56. The first-order chi connectivity index (χ1) is 17.8. The number of hydrogen-bond donors (Lipinski definition) is 0. The van der Waals surface area contributed by atoms with Gasteiger partial charge in [0.2, 0.25) is 0 Å². The van der Waals surface area contributed by atoms with E-state index in [1.807, 2.05) is 0 Å². The van der Waals surface area contributed by atoms with E-state index in [-0.39, 0.29) is 18.3 Å². The lowest BCUT2D eigenvalue weighted by Gasteiger charge is -2.28. The SMILES string of the molecule is C1=C(c2ccc(OCC3CO3)cc2)CC=C(c2cccc(OC(C3CCCCCCC3)C3CO3)c2)C1. The fourth-order valence-corrected chi connectivity index (χ4v) is 5.69. The molecule has 3 atom stereocenters. The fourth-order valence-electron chi connectivity index (χ4n) is 5.69. The Morgan fingerprint density at radius 3 is 2.11 bits per heavy atom. The van der Waals surface area contributed by atoms with Crippen LogP contribution in [0.25, 0.3) is 11.1 Å². The minimum atomic E-state index is 0.189. The van der Waals surface area contributed by atoms with Crippen LogP contribution in [-0.2, 0) is 9.47 Å². The molecule has 2 aliphatic carbocycles. The van der Waals surface area contributed by atoms with Crippen molar-refractivity contribution in [2.75, 3.05) is 19.8 Å². The highest BCUT2D eigenvalue weighted by atomic mass is 16.6. The van der Waals surface area contributed by atoms with Crippen LogP contribution >= 0.6 is 0 Å².